The predicted molar refractivity (Wildman–Crippen MR) is 98.4 cm³/mol. The molecule has 0 bridgehead atoms. The van der Waals surface area contributed by atoms with Crippen LogP contribution in [0.3, 0.4) is 0 Å². The molecule has 4 rings (SSSR count). The minimum absolute atomic E-state index is 0.577. The number of aromatic nitrogens is 2. The molecule has 0 unspecified atom stereocenters. The third-order valence-corrected chi connectivity index (χ3v) is 5.96. The maximum Gasteiger partial charge on any atom is 0.139 e. The molecule has 0 spiro atoms. The minimum Gasteiger partial charge on any atom is -0.367 e. The zero-order valence-corrected chi connectivity index (χ0v) is 14.4. The Bertz CT molecular complexity index is 796. The van der Waals surface area contributed by atoms with E-state index < -0.39 is 0 Å². The Morgan fingerprint density at radius 1 is 1.17 bits per heavy atom. The summed E-state index contributed by atoms with van der Waals surface area (Å²) in [4.78, 5) is 7.59. The molecule has 0 radical (unpaired) electrons. The molecule has 1 N–H and O–H groups in total. The zero-order chi connectivity index (χ0) is 15.6. The van der Waals surface area contributed by atoms with Gasteiger partial charge in [0.25, 0.3) is 0 Å². The van der Waals surface area contributed by atoms with Crippen LogP contribution in [0.2, 0.25) is 0 Å². The van der Waals surface area contributed by atoms with Crippen molar-refractivity contribution in [1.82, 2.24) is 9.38 Å². The molecule has 3 aromatic heterocycles. The molecule has 1 fully saturated rings. The average molecular weight is 325 g/mol. The van der Waals surface area contributed by atoms with E-state index in [2.05, 4.69) is 53.2 Å². The van der Waals surface area contributed by atoms with E-state index in [-0.39, 0.29) is 0 Å². The lowest BCUT2D eigenvalue weighted by Gasteiger charge is -2.24. The molecule has 4 heteroatoms. The molecule has 0 amide bonds. The van der Waals surface area contributed by atoms with E-state index >= 15 is 0 Å². The molecular formula is C19H23N3S. The highest BCUT2D eigenvalue weighted by Gasteiger charge is 2.20. The first-order valence-electron chi connectivity index (χ1n) is 8.68. The Morgan fingerprint density at radius 2 is 2.04 bits per heavy atom. The number of pyridine rings is 1. The van der Waals surface area contributed by atoms with Crippen LogP contribution in [0.1, 0.15) is 43.9 Å². The summed E-state index contributed by atoms with van der Waals surface area (Å²) < 4.78 is 2.20. The van der Waals surface area contributed by atoms with Crippen molar-refractivity contribution in [3.8, 4) is 10.6 Å². The minimum atomic E-state index is 0.577. The third-order valence-electron chi connectivity index (χ3n) is 4.72. The van der Waals surface area contributed by atoms with Crippen LogP contribution in [0.25, 0.3) is 16.2 Å². The van der Waals surface area contributed by atoms with E-state index in [0.717, 1.165) is 23.6 Å². The van der Waals surface area contributed by atoms with Crippen molar-refractivity contribution >= 4 is 22.8 Å². The van der Waals surface area contributed by atoms with E-state index in [1.54, 1.807) is 0 Å². The Labute approximate surface area is 141 Å². The van der Waals surface area contributed by atoms with E-state index in [0.29, 0.717) is 6.04 Å². The zero-order valence-electron chi connectivity index (χ0n) is 13.6. The number of hydrogen-bond donors (Lipinski definition) is 1. The number of anilines is 1. The predicted octanol–water partition coefficient (Wildman–Crippen LogP) is 5.37. The third kappa shape index (κ3) is 2.88. The second kappa shape index (κ2) is 6.36. The van der Waals surface area contributed by atoms with Crippen LogP contribution in [0, 0.1) is 0 Å². The second-order valence-corrected chi connectivity index (χ2v) is 7.50. The van der Waals surface area contributed by atoms with E-state index in [1.807, 2.05) is 11.3 Å². The van der Waals surface area contributed by atoms with E-state index in [1.165, 1.54) is 41.9 Å². The van der Waals surface area contributed by atoms with Crippen LogP contribution < -0.4 is 5.32 Å². The molecular weight excluding hydrogens is 302 g/mol. The first-order valence-corrected chi connectivity index (χ1v) is 9.49. The molecule has 1 aliphatic rings. The smallest absolute Gasteiger partial charge is 0.139 e. The standard InChI is InChI=1S/C19H23N3S/c1-2-15-11-12-16(23-15)18-19(20-14-8-4-3-5-9-14)22-13-7-6-10-17(22)21-18/h6-7,10-14,20H,2-5,8-9H2,1H3. The van der Waals surface area contributed by atoms with Gasteiger partial charge in [-0.05, 0) is 43.5 Å². The summed E-state index contributed by atoms with van der Waals surface area (Å²) in [5.41, 5.74) is 2.12. The molecule has 0 aliphatic heterocycles. The summed E-state index contributed by atoms with van der Waals surface area (Å²) in [7, 11) is 0. The van der Waals surface area contributed by atoms with Gasteiger partial charge in [-0.15, -0.1) is 11.3 Å². The first-order chi connectivity index (χ1) is 11.3. The summed E-state index contributed by atoms with van der Waals surface area (Å²) in [6.07, 6.45) is 9.79. The summed E-state index contributed by atoms with van der Waals surface area (Å²) in [6.45, 7) is 2.21. The van der Waals surface area contributed by atoms with Crippen molar-refractivity contribution in [2.75, 3.05) is 5.32 Å². The highest BCUT2D eigenvalue weighted by molar-refractivity contribution is 7.15. The van der Waals surface area contributed by atoms with Crippen molar-refractivity contribution in [1.29, 1.82) is 0 Å². The van der Waals surface area contributed by atoms with Gasteiger partial charge in [-0.1, -0.05) is 32.3 Å². The molecule has 3 aromatic rings. The van der Waals surface area contributed by atoms with E-state index in [4.69, 9.17) is 4.98 Å². The maximum absolute atomic E-state index is 4.91. The number of rotatable bonds is 4. The lowest BCUT2D eigenvalue weighted by molar-refractivity contribution is 0.462. The van der Waals surface area contributed by atoms with Gasteiger partial charge in [0.05, 0.1) is 4.88 Å². The van der Waals surface area contributed by atoms with Gasteiger partial charge in [0.1, 0.15) is 17.2 Å². The lowest BCUT2D eigenvalue weighted by atomic mass is 9.95. The lowest BCUT2D eigenvalue weighted by Crippen LogP contribution is -2.23. The van der Waals surface area contributed by atoms with Crippen LogP contribution in [0.4, 0.5) is 5.82 Å². The summed E-state index contributed by atoms with van der Waals surface area (Å²) >= 11 is 1.86. The molecule has 23 heavy (non-hydrogen) atoms. The Morgan fingerprint density at radius 3 is 2.83 bits per heavy atom. The van der Waals surface area contributed by atoms with Crippen molar-refractivity contribution in [2.24, 2.45) is 0 Å². The van der Waals surface area contributed by atoms with Gasteiger partial charge in [0.15, 0.2) is 0 Å². The highest BCUT2D eigenvalue weighted by Crippen LogP contribution is 2.35. The highest BCUT2D eigenvalue weighted by atomic mass is 32.1. The number of hydrogen-bond acceptors (Lipinski definition) is 3. The number of fused-ring (bicyclic) bond motifs is 1. The van der Waals surface area contributed by atoms with E-state index in [9.17, 15) is 0 Å². The van der Waals surface area contributed by atoms with Crippen LogP contribution >= 0.6 is 11.3 Å². The molecule has 1 aliphatic carbocycles. The van der Waals surface area contributed by atoms with Crippen molar-refractivity contribution in [3.05, 3.63) is 41.4 Å². The van der Waals surface area contributed by atoms with Crippen LogP contribution in [0.5, 0.6) is 0 Å². The van der Waals surface area contributed by atoms with Gasteiger partial charge in [0.2, 0.25) is 0 Å². The Hall–Kier alpha value is -1.81. The Balaban J connectivity index is 1.77. The van der Waals surface area contributed by atoms with Crippen molar-refractivity contribution < 1.29 is 0 Å². The number of aryl methyl sites for hydroxylation is 1. The fourth-order valence-electron chi connectivity index (χ4n) is 3.44. The molecule has 1 saturated carbocycles. The molecule has 3 heterocycles. The van der Waals surface area contributed by atoms with Gasteiger partial charge in [-0.3, -0.25) is 4.40 Å². The van der Waals surface area contributed by atoms with Gasteiger partial charge in [-0.25, -0.2) is 4.98 Å². The fraction of sp³-hybridized carbons (Fsp3) is 0.421. The van der Waals surface area contributed by atoms with Gasteiger partial charge >= 0.3 is 0 Å². The molecule has 120 valence electrons. The van der Waals surface area contributed by atoms with Crippen LogP contribution in [-0.4, -0.2) is 15.4 Å². The SMILES string of the molecule is CCc1ccc(-c2nc3ccccn3c2NC2CCCCC2)s1. The molecule has 0 aromatic carbocycles. The Kier molecular flexibility index (Phi) is 4.08. The molecule has 0 atom stereocenters. The van der Waals surface area contributed by atoms with Gasteiger partial charge < -0.3 is 5.32 Å². The topological polar surface area (TPSA) is 29.3 Å². The molecule has 3 nitrogen and oxygen atoms in total. The number of nitrogens with zero attached hydrogens (tertiary/aromatic N) is 2. The van der Waals surface area contributed by atoms with Crippen LogP contribution in [-0.2, 0) is 6.42 Å². The first kappa shape index (κ1) is 14.8. The second-order valence-electron chi connectivity index (χ2n) is 6.34. The number of nitrogens with one attached hydrogen (secondary N) is 1. The summed E-state index contributed by atoms with van der Waals surface area (Å²) in [5.74, 6) is 1.16. The van der Waals surface area contributed by atoms with Gasteiger partial charge in [0, 0.05) is 17.1 Å². The average Bonchev–Trinajstić information content (AvgIpc) is 3.21. The summed E-state index contributed by atoms with van der Waals surface area (Å²) in [6, 6.07) is 11.3. The van der Waals surface area contributed by atoms with Crippen molar-refractivity contribution in [3.63, 3.8) is 0 Å². The normalized spacial score (nSPS) is 16.0. The van der Waals surface area contributed by atoms with Crippen molar-refractivity contribution in [2.45, 2.75) is 51.5 Å². The number of thiophene rings is 1. The maximum atomic E-state index is 4.91. The number of imidazole rings is 1. The van der Waals surface area contributed by atoms with Crippen LogP contribution in [0.15, 0.2) is 36.5 Å². The monoisotopic (exact) mass is 325 g/mol. The summed E-state index contributed by atoms with van der Waals surface area (Å²) in [5, 5.41) is 3.81. The fourth-order valence-corrected chi connectivity index (χ4v) is 4.38. The van der Waals surface area contributed by atoms with Gasteiger partial charge in [-0.2, -0.15) is 0 Å². The molecule has 0 saturated heterocycles. The largest absolute Gasteiger partial charge is 0.367 e. The quantitative estimate of drug-likeness (QED) is 0.699.